The molecule has 0 aliphatic rings. The van der Waals surface area contributed by atoms with Crippen LogP contribution in [0.5, 0.6) is 0 Å². The van der Waals surface area contributed by atoms with Crippen molar-refractivity contribution in [2.24, 2.45) is 0 Å². The summed E-state index contributed by atoms with van der Waals surface area (Å²) in [5, 5.41) is 8.91. The Morgan fingerprint density at radius 1 is 1.20 bits per heavy atom. The van der Waals surface area contributed by atoms with E-state index in [-0.39, 0.29) is 6.10 Å². The van der Waals surface area contributed by atoms with Gasteiger partial charge in [-0.3, -0.25) is 0 Å². The van der Waals surface area contributed by atoms with Gasteiger partial charge < -0.3 is 5.11 Å². The highest BCUT2D eigenvalue weighted by Crippen LogP contribution is 2.06. The van der Waals surface area contributed by atoms with Gasteiger partial charge in [0.1, 0.15) is 0 Å². The molecular formula is C8H17IO. The lowest BCUT2D eigenvalue weighted by Gasteiger charge is -2.01. The van der Waals surface area contributed by atoms with Gasteiger partial charge in [0.15, 0.2) is 0 Å². The summed E-state index contributed by atoms with van der Waals surface area (Å²) >= 11 is 2.40. The number of aliphatic hydroxyl groups is 1. The summed E-state index contributed by atoms with van der Waals surface area (Å²) in [5.74, 6) is 0. The molecule has 0 bridgehead atoms. The highest BCUT2D eigenvalue weighted by atomic mass is 127. The van der Waals surface area contributed by atoms with Gasteiger partial charge >= 0.3 is 0 Å². The quantitative estimate of drug-likeness (QED) is 0.440. The Morgan fingerprint density at radius 2 is 1.80 bits per heavy atom. The number of rotatable bonds is 6. The van der Waals surface area contributed by atoms with Crippen LogP contribution in [0.1, 0.15) is 39.0 Å². The summed E-state index contributed by atoms with van der Waals surface area (Å²) in [6.45, 7) is 1.86. The largest absolute Gasteiger partial charge is 0.393 e. The van der Waals surface area contributed by atoms with Crippen LogP contribution in [-0.2, 0) is 0 Å². The number of hydrogen-bond acceptors (Lipinski definition) is 1. The third-order valence-electron chi connectivity index (χ3n) is 1.51. The fourth-order valence-electron chi connectivity index (χ4n) is 0.888. The molecule has 0 spiro atoms. The second kappa shape index (κ2) is 7.79. The Bertz CT molecular complexity index is 64.3. The zero-order chi connectivity index (χ0) is 7.82. The molecule has 10 heavy (non-hydrogen) atoms. The van der Waals surface area contributed by atoms with Crippen molar-refractivity contribution < 1.29 is 5.11 Å². The predicted molar refractivity (Wildman–Crippen MR) is 53.7 cm³/mol. The summed E-state index contributed by atoms with van der Waals surface area (Å²) in [4.78, 5) is 0. The van der Waals surface area contributed by atoms with Gasteiger partial charge in [-0.2, -0.15) is 0 Å². The number of hydrogen-bond donors (Lipinski definition) is 1. The average Bonchev–Trinajstić information content (AvgIpc) is 1.87. The van der Waals surface area contributed by atoms with E-state index in [9.17, 15) is 0 Å². The molecule has 0 saturated carbocycles. The maximum absolute atomic E-state index is 8.91. The fourth-order valence-corrected chi connectivity index (χ4v) is 1.43. The summed E-state index contributed by atoms with van der Waals surface area (Å²) < 4.78 is 1.27. The topological polar surface area (TPSA) is 20.2 Å². The van der Waals surface area contributed by atoms with Gasteiger partial charge in [0.25, 0.3) is 0 Å². The van der Waals surface area contributed by atoms with E-state index in [1.807, 2.05) is 6.92 Å². The lowest BCUT2D eigenvalue weighted by molar-refractivity contribution is 0.180. The van der Waals surface area contributed by atoms with Crippen molar-refractivity contribution in [2.45, 2.75) is 45.1 Å². The summed E-state index contributed by atoms with van der Waals surface area (Å²) in [6, 6.07) is 0. The van der Waals surface area contributed by atoms with E-state index < -0.39 is 0 Å². The average molecular weight is 256 g/mol. The molecule has 0 aliphatic heterocycles. The van der Waals surface area contributed by atoms with Gasteiger partial charge in [0.2, 0.25) is 0 Å². The zero-order valence-corrected chi connectivity index (χ0v) is 8.80. The molecule has 0 amide bonds. The minimum atomic E-state index is -0.0976. The van der Waals surface area contributed by atoms with Crippen LogP contribution in [0.4, 0.5) is 0 Å². The molecule has 0 fully saturated rings. The van der Waals surface area contributed by atoms with Gasteiger partial charge in [-0.25, -0.2) is 0 Å². The first-order chi connectivity index (χ1) is 4.77. The molecule has 0 rings (SSSR count). The predicted octanol–water partition coefficient (Wildman–Crippen LogP) is 2.75. The van der Waals surface area contributed by atoms with Gasteiger partial charge in [-0.1, -0.05) is 41.9 Å². The van der Waals surface area contributed by atoms with Gasteiger partial charge in [-0.15, -0.1) is 0 Å². The number of aliphatic hydroxyl groups excluding tert-OH is 1. The lowest BCUT2D eigenvalue weighted by atomic mass is 10.1. The summed E-state index contributed by atoms with van der Waals surface area (Å²) in [5.41, 5.74) is 0. The van der Waals surface area contributed by atoms with Crippen LogP contribution in [-0.4, -0.2) is 15.6 Å². The number of halogens is 1. The van der Waals surface area contributed by atoms with Crippen molar-refractivity contribution in [1.29, 1.82) is 0 Å². The van der Waals surface area contributed by atoms with Crippen molar-refractivity contribution in [2.75, 3.05) is 4.43 Å². The van der Waals surface area contributed by atoms with Crippen molar-refractivity contribution in [3.05, 3.63) is 0 Å². The second-order valence-corrected chi connectivity index (χ2v) is 3.82. The van der Waals surface area contributed by atoms with Crippen molar-refractivity contribution >= 4 is 22.6 Å². The molecule has 0 aliphatic carbocycles. The molecule has 0 aromatic carbocycles. The molecule has 1 nitrogen and oxygen atoms in total. The van der Waals surface area contributed by atoms with Crippen LogP contribution in [0.3, 0.4) is 0 Å². The van der Waals surface area contributed by atoms with E-state index in [0.717, 1.165) is 6.42 Å². The SMILES string of the molecule is CC(O)CCCCCCI. The Kier molecular flexibility index (Phi) is 8.33. The van der Waals surface area contributed by atoms with Crippen LogP contribution < -0.4 is 0 Å². The molecule has 1 atom stereocenters. The molecule has 0 aromatic heterocycles. The lowest BCUT2D eigenvalue weighted by Crippen LogP contribution is -1.98. The van der Waals surface area contributed by atoms with E-state index in [4.69, 9.17) is 5.11 Å². The van der Waals surface area contributed by atoms with Crippen LogP contribution >= 0.6 is 22.6 Å². The minimum absolute atomic E-state index is 0.0976. The van der Waals surface area contributed by atoms with Crippen molar-refractivity contribution in [1.82, 2.24) is 0 Å². The van der Waals surface area contributed by atoms with Crippen molar-refractivity contribution in [3.63, 3.8) is 0 Å². The first kappa shape index (κ1) is 10.7. The molecular weight excluding hydrogens is 239 g/mol. The molecule has 0 saturated heterocycles. The van der Waals surface area contributed by atoms with Crippen LogP contribution in [0.15, 0.2) is 0 Å². The second-order valence-electron chi connectivity index (χ2n) is 2.74. The zero-order valence-electron chi connectivity index (χ0n) is 6.65. The first-order valence-corrected chi connectivity index (χ1v) is 5.54. The number of unbranched alkanes of at least 4 members (excludes halogenated alkanes) is 3. The Labute approximate surface area is 77.3 Å². The first-order valence-electron chi connectivity index (χ1n) is 4.01. The van der Waals surface area contributed by atoms with Crippen molar-refractivity contribution in [3.8, 4) is 0 Å². The molecule has 2 heteroatoms. The highest BCUT2D eigenvalue weighted by molar-refractivity contribution is 14.1. The van der Waals surface area contributed by atoms with E-state index in [1.165, 1.54) is 30.1 Å². The Balaban J connectivity index is 2.77. The van der Waals surface area contributed by atoms with E-state index >= 15 is 0 Å². The van der Waals surface area contributed by atoms with Crippen LogP contribution in [0.25, 0.3) is 0 Å². The summed E-state index contributed by atoms with van der Waals surface area (Å²) in [6.07, 6.45) is 6.01. The third kappa shape index (κ3) is 8.69. The van der Waals surface area contributed by atoms with Gasteiger partial charge in [0.05, 0.1) is 6.10 Å². The fraction of sp³-hybridized carbons (Fsp3) is 1.00. The van der Waals surface area contributed by atoms with E-state index in [0.29, 0.717) is 0 Å². The standard InChI is InChI=1S/C8H17IO/c1-8(10)6-4-2-3-5-7-9/h8,10H,2-7H2,1H3. The third-order valence-corrected chi connectivity index (χ3v) is 2.27. The molecule has 1 N–H and O–H groups in total. The number of alkyl halides is 1. The van der Waals surface area contributed by atoms with Gasteiger partial charge in [-0.05, 0) is 24.2 Å². The van der Waals surface area contributed by atoms with Gasteiger partial charge in [0, 0.05) is 0 Å². The highest BCUT2D eigenvalue weighted by Gasteiger charge is 1.94. The smallest absolute Gasteiger partial charge is 0.0512 e. The maximum atomic E-state index is 8.91. The summed E-state index contributed by atoms with van der Waals surface area (Å²) in [7, 11) is 0. The minimum Gasteiger partial charge on any atom is -0.393 e. The van der Waals surface area contributed by atoms with E-state index in [2.05, 4.69) is 22.6 Å². The van der Waals surface area contributed by atoms with Crippen LogP contribution in [0.2, 0.25) is 0 Å². The molecule has 0 radical (unpaired) electrons. The molecule has 62 valence electrons. The molecule has 0 heterocycles. The monoisotopic (exact) mass is 256 g/mol. The molecule has 1 unspecified atom stereocenters. The molecule has 0 aromatic rings. The van der Waals surface area contributed by atoms with E-state index in [1.54, 1.807) is 0 Å². The maximum Gasteiger partial charge on any atom is 0.0512 e. The Hall–Kier alpha value is 0.690. The van der Waals surface area contributed by atoms with Crippen LogP contribution in [0, 0.1) is 0 Å². The normalized spacial score (nSPS) is 13.5. The Morgan fingerprint density at radius 3 is 2.30 bits per heavy atom.